The summed E-state index contributed by atoms with van der Waals surface area (Å²) in [5.41, 5.74) is 2.06. The van der Waals surface area contributed by atoms with Crippen LogP contribution in [0.4, 0.5) is 4.39 Å². The molecule has 0 fully saturated rings. The molecule has 100 valence electrons. The predicted molar refractivity (Wildman–Crippen MR) is 74.4 cm³/mol. The van der Waals surface area contributed by atoms with E-state index in [2.05, 4.69) is 10.3 Å². The molecule has 1 aromatic carbocycles. The summed E-state index contributed by atoms with van der Waals surface area (Å²) in [6.45, 7) is 4.60. The topological polar surface area (TPSA) is 44.9 Å². The highest BCUT2D eigenvalue weighted by atomic mass is 19.1. The van der Waals surface area contributed by atoms with Crippen LogP contribution in [0.3, 0.4) is 0 Å². The van der Waals surface area contributed by atoms with Crippen molar-refractivity contribution in [1.82, 2.24) is 10.3 Å². The van der Waals surface area contributed by atoms with Crippen LogP contribution in [-0.4, -0.2) is 11.0 Å². The zero-order chi connectivity index (χ0) is 13.8. The number of benzene rings is 1. The van der Waals surface area contributed by atoms with Crippen molar-refractivity contribution in [1.29, 1.82) is 0 Å². The van der Waals surface area contributed by atoms with Crippen molar-refractivity contribution in [2.45, 2.75) is 26.4 Å². The van der Waals surface area contributed by atoms with Gasteiger partial charge in [0.25, 0.3) is 5.56 Å². The smallest absolute Gasteiger partial charge is 0.252 e. The van der Waals surface area contributed by atoms with E-state index in [4.69, 9.17) is 0 Å². The summed E-state index contributed by atoms with van der Waals surface area (Å²) in [4.78, 5) is 14.7. The van der Waals surface area contributed by atoms with Gasteiger partial charge >= 0.3 is 0 Å². The van der Waals surface area contributed by atoms with Gasteiger partial charge in [-0.2, -0.15) is 0 Å². The third-order valence-electron chi connectivity index (χ3n) is 2.85. The van der Waals surface area contributed by atoms with Gasteiger partial charge in [-0.05, 0) is 35.9 Å². The Labute approximate surface area is 111 Å². The lowest BCUT2D eigenvalue weighted by Gasteiger charge is -2.08. The Morgan fingerprint density at radius 1 is 1.16 bits per heavy atom. The number of aromatic amines is 1. The summed E-state index contributed by atoms with van der Waals surface area (Å²) in [6, 6.07) is 10.0. The molecule has 0 aliphatic rings. The van der Waals surface area contributed by atoms with Gasteiger partial charge in [-0.3, -0.25) is 4.79 Å². The SMILES string of the molecule is CC(C)NCc1ccc(-c2ccc(F)cc2)[nH]c1=O. The second kappa shape index (κ2) is 5.80. The molecule has 2 aromatic rings. The van der Waals surface area contributed by atoms with Gasteiger partial charge < -0.3 is 10.3 Å². The monoisotopic (exact) mass is 260 g/mol. The van der Waals surface area contributed by atoms with E-state index in [1.807, 2.05) is 19.9 Å². The number of nitrogens with one attached hydrogen (secondary N) is 2. The second-order valence-corrected chi connectivity index (χ2v) is 4.77. The van der Waals surface area contributed by atoms with Crippen molar-refractivity contribution in [3.63, 3.8) is 0 Å². The van der Waals surface area contributed by atoms with Crippen molar-refractivity contribution in [2.75, 3.05) is 0 Å². The first-order chi connectivity index (χ1) is 9.06. The van der Waals surface area contributed by atoms with Gasteiger partial charge in [-0.1, -0.05) is 19.9 Å². The fourth-order valence-corrected chi connectivity index (χ4v) is 1.75. The maximum atomic E-state index is 12.8. The van der Waals surface area contributed by atoms with Crippen LogP contribution in [0.5, 0.6) is 0 Å². The first-order valence-corrected chi connectivity index (χ1v) is 6.28. The molecule has 0 amide bonds. The Morgan fingerprint density at radius 3 is 2.42 bits per heavy atom. The third-order valence-corrected chi connectivity index (χ3v) is 2.85. The van der Waals surface area contributed by atoms with Crippen molar-refractivity contribution in [3.05, 3.63) is 58.1 Å². The molecule has 2 rings (SSSR count). The average molecular weight is 260 g/mol. The molecule has 0 atom stereocenters. The fraction of sp³-hybridized carbons (Fsp3) is 0.267. The van der Waals surface area contributed by atoms with Gasteiger partial charge in [0, 0.05) is 23.8 Å². The van der Waals surface area contributed by atoms with Gasteiger partial charge in [0.1, 0.15) is 5.82 Å². The molecule has 0 aliphatic carbocycles. The minimum absolute atomic E-state index is 0.116. The molecule has 0 aliphatic heterocycles. The molecule has 3 nitrogen and oxygen atoms in total. The van der Waals surface area contributed by atoms with Crippen LogP contribution in [0.1, 0.15) is 19.4 Å². The van der Waals surface area contributed by atoms with E-state index in [0.29, 0.717) is 23.8 Å². The number of pyridine rings is 1. The standard InChI is InChI=1S/C15H17FN2O/c1-10(2)17-9-12-5-8-14(18-15(12)19)11-3-6-13(16)7-4-11/h3-8,10,17H,9H2,1-2H3,(H,18,19). The number of H-pyrrole nitrogens is 1. The van der Waals surface area contributed by atoms with Crippen LogP contribution in [0, 0.1) is 5.82 Å². The number of hydrogen-bond donors (Lipinski definition) is 2. The number of aromatic nitrogens is 1. The van der Waals surface area contributed by atoms with E-state index in [0.717, 1.165) is 5.56 Å². The highest BCUT2D eigenvalue weighted by Gasteiger charge is 2.04. The molecule has 2 N–H and O–H groups in total. The van der Waals surface area contributed by atoms with Gasteiger partial charge in [-0.25, -0.2) is 4.39 Å². The van der Waals surface area contributed by atoms with E-state index >= 15 is 0 Å². The van der Waals surface area contributed by atoms with Gasteiger partial charge in [-0.15, -0.1) is 0 Å². The Hall–Kier alpha value is -1.94. The summed E-state index contributed by atoms with van der Waals surface area (Å²) in [5.74, 6) is -0.288. The van der Waals surface area contributed by atoms with Crippen molar-refractivity contribution >= 4 is 0 Å². The van der Waals surface area contributed by atoms with Crippen LogP contribution < -0.4 is 10.9 Å². The average Bonchev–Trinajstić information content (AvgIpc) is 2.38. The summed E-state index contributed by atoms with van der Waals surface area (Å²) in [7, 11) is 0. The van der Waals surface area contributed by atoms with Crippen molar-refractivity contribution < 1.29 is 4.39 Å². The molecule has 1 heterocycles. The van der Waals surface area contributed by atoms with Crippen molar-refractivity contribution in [3.8, 4) is 11.3 Å². The highest BCUT2D eigenvalue weighted by molar-refractivity contribution is 5.58. The minimum Gasteiger partial charge on any atom is -0.322 e. The maximum absolute atomic E-state index is 12.8. The first-order valence-electron chi connectivity index (χ1n) is 6.28. The Balaban J connectivity index is 2.23. The van der Waals surface area contributed by atoms with E-state index in [9.17, 15) is 9.18 Å². The quantitative estimate of drug-likeness (QED) is 0.887. The minimum atomic E-state index is -0.288. The van der Waals surface area contributed by atoms with Crippen LogP contribution in [0.25, 0.3) is 11.3 Å². The van der Waals surface area contributed by atoms with Gasteiger partial charge in [0.2, 0.25) is 0 Å². The summed E-state index contributed by atoms with van der Waals surface area (Å²) in [6.07, 6.45) is 0. The van der Waals surface area contributed by atoms with Crippen LogP contribution in [0.15, 0.2) is 41.2 Å². The zero-order valence-electron chi connectivity index (χ0n) is 11.0. The van der Waals surface area contributed by atoms with E-state index in [-0.39, 0.29) is 11.4 Å². The molecular weight excluding hydrogens is 243 g/mol. The predicted octanol–water partition coefficient (Wildman–Crippen LogP) is 2.68. The highest BCUT2D eigenvalue weighted by Crippen LogP contribution is 2.15. The van der Waals surface area contributed by atoms with Gasteiger partial charge in [0.15, 0.2) is 0 Å². The summed E-state index contributed by atoms with van der Waals surface area (Å²) >= 11 is 0. The number of halogens is 1. The molecule has 19 heavy (non-hydrogen) atoms. The van der Waals surface area contributed by atoms with E-state index in [1.54, 1.807) is 18.2 Å². The lowest BCUT2D eigenvalue weighted by atomic mass is 10.1. The molecule has 0 radical (unpaired) electrons. The van der Waals surface area contributed by atoms with E-state index in [1.165, 1.54) is 12.1 Å². The van der Waals surface area contributed by atoms with Gasteiger partial charge in [0.05, 0.1) is 0 Å². The van der Waals surface area contributed by atoms with Crippen LogP contribution in [0.2, 0.25) is 0 Å². The number of hydrogen-bond acceptors (Lipinski definition) is 2. The molecule has 0 bridgehead atoms. The maximum Gasteiger partial charge on any atom is 0.252 e. The Bertz CT molecular complexity index is 602. The largest absolute Gasteiger partial charge is 0.322 e. The lowest BCUT2D eigenvalue weighted by molar-refractivity contribution is 0.586. The zero-order valence-corrected chi connectivity index (χ0v) is 11.0. The van der Waals surface area contributed by atoms with Crippen LogP contribution in [-0.2, 0) is 6.54 Å². The van der Waals surface area contributed by atoms with Crippen molar-refractivity contribution in [2.24, 2.45) is 0 Å². The molecule has 0 unspecified atom stereocenters. The molecule has 0 spiro atoms. The molecule has 0 saturated carbocycles. The fourth-order valence-electron chi connectivity index (χ4n) is 1.75. The third kappa shape index (κ3) is 3.51. The molecule has 4 heteroatoms. The van der Waals surface area contributed by atoms with Crippen LogP contribution >= 0.6 is 0 Å². The molecule has 0 saturated heterocycles. The normalized spacial score (nSPS) is 10.9. The number of rotatable bonds is 4. The molecular formula is C15H17FN2O. The summed E-state index contributed by atoms with van der Waals surface area (Å²) in [5, 5.41) is 3.20. The second-order valence-electron chi connectivity index (χ2n) is 4.77. The lowest BCUT2D eigenvalue weighted by Crippen LogP contribution is -2.26. The Morgan fingerprint density at radius 2 is 1.84 bits per heavy atom. The summed E-state index contributed by atoms with van der Waals surface area (Å²) < 4.78 is 12.8. The first kappa shape index (κ1) is 13.5. The Kier molecular flexibility index (Phi) is 4.12. The molecule has 1 aromatic heterocycles. The van der Waals surface area contributed by atoms with E-state index < -0.39 is 0 Å².